The highest BCUT2D eigenvalue weighted by atomic mass is 16.4. The zero-order chi connectivity index (χ0) is 15.8. The Morgan fingerprint density at radius 3 is 2.59 bits per heavy atom. The predicted octanol–water partition coefficient (Wildman–Crippen LogP) is 3.71. The van der Waals surface area contributed by atoms with Crippen molar-refractivity contribution in [1.29, 1.82) is 0 Å². The van der Waals surface area contributed by atoms with Crippen LogP contribution in [0.5, 0.6) is 0 Å². The molecule has 3 saturated carbocycles. The van der Waals surface area contributed by atoms with Gasteiger partial charge in [0.05, 0.1) is 5.97 Å². The molecule has 1 spiro atoms. The molecule has 0 aromatic heterocycles. The van der Waals surface area contributed by atoms with Crippen molar-refractivity contribution in [2.24, 2.45) is 34.0 Å². The number of carbonyl (C=O) groups excluding carboxylic acids is 1. The topological polar surface area (TPSA) is 40.1 Å². The summed E-state index contributed by atoms with van der Waals surface area (Å²) < 4.78 is 0. The van der Waals surface area contributed by atoms with Crippen molar-refractivity contribution in [3.63, 3.8) is 0 Å². The molecule has 2 heteroatoms. The van der Waals surface area contributed by atoms with Crippen molar-refractivity contribution in [2.75, 3.05) is 0 Å². The van der Waals surface area contributed by atoms with Gasteiger partial charge in [0.15, 0.2) is 0 Å². The van der Waals surface area contributed by atoms with Gasteiger partial charge in [0, 0.05) is 0 Å². The van der Waals surface area contributed by atoms with Gasteiger partial charge in [-0.25, -0.2) is 0 Å². The van der Waals surface area contributed by atoms with Crippen LogP contribution in [-0.4, -0.2) is 5.97 Å². The Kier molecular flexibility index (Phi) is 2.95. The smallest absolute Gasteiger partial charge is 0.0674 e. The summed E-state index contributed by atoms with van der Waals surface area (Å²) in [7, 11) is 0. The molecule has 0 radical (unpaired) electrons. The number of fused-ring (bicyclic) bond motifs is 3. The molecule has 5 atom stereocenters. The highest BCUT2D eigenvalue weighted by Gasteiger charge is 2.61. The summed E-state index contributed by atoms with van der Waals surface area (Å²) in [6, 6.07) is 0. The minimum Gasteiger partial charge on any atom is -0.545 e. The monoisotopic (exact) mass is 301 g/mol. The number of aliphatic carboxylic acids is 1. The van der Waals surface area contributed by atoms with Crippen molar-refractivity contribution in [2.45, 2.75) is 72.1 Å². The standard InChI is InChI=1S/C20H30O2/c1-18(2)8-4-9-19(3)15(18)7-10-20-11-13(5-6-16(19)20)14(12-20)17(21)22/h12-13,15-16H,4-11H2,1-3H3,(H,21,22)/p-1. The molecule has 2 nitrogen and oxygen atoms in total. The maximum Gasteiger partial charge on any atom is 0.0674 e. The van der Waals surface area contributed by atoms with Gasteiger partial charge < -0.3 is 9.90 Å². The fourth-order valence-electron chi connectivity index (χ4n) is 7.49. The lowest BCUT2D eigenvalue weighted by molar-refractivity contribution is -0.299. The van der Waals surface area contributed by atoms with Crippen molar-refractivity contribution >= 4 is 5.97 Å². The molecule has 4 aliphatic rings. The van der Waals surface area contributed by atoms with Crippen LogP contribution in [0, 0.1) is 34.0 Å². The van der Waals surface area contributed by atoms with Crippen LogP contribution >= 0.6 is 0 Å². The highest BCUT2D eigenvalue weighted by molar-refractivity contribution is 5.86. The third-order valence-corrected chi connectivity index (χ3v) is 8.21. The van der Waals surface area contributed by atoms with Gasteiger partial charge in [-0.15, -0.1) is 0 Å². The first-order valence-electron chi connectivity index (χ1n) is 9.23. The molecular weight excluding hydrogens is 272 g/mol. The number of allylic oxidation sites excluding steroid dienone is 1. The zero-order valence-corrected chi connectivity index (χ0v) is 14.3. The molecule has 0 amide bonds. The number of carboxylic acid groups (broad SMARTS) is 1. The SMILES string of the molecule is CC1(C)CCCC2(C)C1CCC13C=C(C(=O)[O-])C(CCC12)C3. The zero-order valence-electron chi connectivity index (χ0n) is 14.3. The number of rotatable bonds is 1. The predicted molar refractivity (Wildman–Crippen MR) is 84.8 cm³/mol. The van der Waals surface area contributed by atoms with Crippen LogP contribution in [0.25, 0.3) is 0 Å². The van der Waals surface area contributed by atoms with Gasteiger partial charge in [-0.1, -0.05) is 33.3 Å². The lowest BCUT2D eigenvalue weighted by atomic mass is 9.41. The van der Waals surface area contributed by atoms with E-state index in [2.05, 4.69) is 26.8 Å². The lowest BCUT2D eigenvalue weighted by Crippen LogP contribution is -2.55. The van der Waals surface area contributed by atoms with E-state index in [-0.39, 0.29) is 11.3 Å². The highest BCUT2D eigenvalue weighted by Crippen LogP contribution is 2.70. The molecule has 3 fully saturated rings. The number of hydrogen-bond acceptors (Lipinski definition) is 2. The largest absolute Gasteiger partial charge is 0.545 e. The first-order valence-corrected chi connectivity index (χ1v) is 9.23. The van der Waals surface area contributed by atoms with Crippen LogP contribution in [-0.2, 0) is 4.79 Å². The average Bonchev–Trinajstić information content (AvgIpc) is 2.69. The number of hydrogen-bond donors (Lipinski definition) is 0. The second-order valence-corrected chi connectivity index (χ2v) is 9.59. The molecule has 4 aliphatic carbocycles. The molecule has 122 valence electrons. The summed E-state index contributed by atoms with van der Waals surface area (Å²) in [6.45, 7) is 7.47. The van der Waals surface area contributed by atoms with Gasteiger partial charge in [0.2, 0.25) is 0 Å². The first kappa shape index (κ1) is 14.8. The summed E-state index contributed by atoms with van der Waals surface area (Å²) in [5.41, 5.74) is 1.67. The van der Waals surface area contributed by atoms with Gasteiger partial charge in [0.1, 0.15) is 0 Å². The van der Waals surface area contributed by atoms with E-state index in [1.165, 1.54) is 38.5 Å². The Morgan fingerprint density at radius 1 is 1.09 bits per heavy atom. The normalized spacial score (nSPS) is 49.0. The molecule has 2 bridgehead atoms. The Hall–Kier alpha value is -0.790. The molecule has 0 heterocycles. The maximum atomic E-state index is 11.5. The van der Waals surface area contributed by atoms with Gasteiger partial charge in [-0.2, -0.15) is 0 Å². The van der Waals surface area contributed by atoms with Gasteiger partial charge in [-0.3, -0.25) is 0 Å². The van der Waals surface area contributed by atoms with Crippen LogP contribution in [0.4, 0.5) is 0 Å². The molecule has 5 unspecified atom stereocenters. The second-order valence-electron chi connectivity index (χ2n) is 9.59. The van der Waals surface area contributed by atoms with E-state index in [0.29, 0.717) is 22.3 Å². The van der Waals surface area contributed by atoms with E-state index < -0.39 is 5.97 Å². The summed E-state index contributed by atoms with van der Waals surface area (Å²) in [5, 5.41) is 11.5. The fourth-order valence-corrected chi connectivity index (χ4v) is 7.49. The third-order valence-electron chi connectivity index (χ3n) is 8.21. The summed E-state index contributed by atoms with van der Waals surface area (Å²) in [6.07, 6.45) is 12.1. The summed E-state index contributed by atoms with van der Waals surface area (Å²) in [5.74, 6) is 0.865. The van der Waals surface area contributed by atoms with Crippen molar-refractivity contribution in [1.82, 2.24) is 0 Å². The molecule has 0 aromatic carbocycles. The van der Waals surface area contributed by atoms with Crippen molar-refractivity contribution in [3.8, 4) is 0 Å². The van der Waals surface area contributed by atoms with Crippen molar-refractivity contribution < 1.29 is 9.90 Å². The van der Waals surface area contributed by atoms with Crippen LogP contribution in [0.2, 0.25) is 0 Å². The molecule has 4 rings (SSSR count). The third kappa shape index (κ3) is 1.76. The minimum atomic E-state index is -0.904. The maximum absolute atomic E-state index is 11.5. The van der Waals surface area contributed by atoms with Gasteiger partial charge in [0.25, 0.3) is 0 Å². The molecule has 0 saturated heterocycles. The number of carboxylic acids is 1. The molecular formula is C20H29O2-. The first-order chi connectivity index (χ1) is 10.3. The van der Waals surface area contributed by atoms with Crippen LogP contribution in [0.3, 0.4) is 0 Å². The molecule has 0 aliphatic heterocycles. The van der Waals surface area contributed by atoms with Gasteiger partial charge >= 0.3 is 0 Å². The molecule has 22 heavy (non-hydrogen) atoms. The van der Waals surface area contributed by atoms with Crippen molar-refractivity contribution in [3.05, 3.63) is 11.6 Å². The van der Waals surface area contributed by atoms with Crippen LogP contribution < -0.4 is 5.11 Å². The van der Waals surface area contributed by atoms with E-state index in [4.69, 9.17) is 0 Å². The Morgan fingerprint density at radius 2 is 1.86 bits per heavy atom. The van der Waals surface area contributed by atoms with Gasteiger partial charge in [-0.05, 0) is 84.5 Å². The van der Waals surface area contributed by atoms with E-state index in [0.717, 1.165) is 18.8 Å². The Bertz CT molecular complexity index is 546. The number of carbonyl (C=O) groups is 1. The fraction of sp³-hybridized carbons (Fsp3) is 0.850. The minimum absolute atomic E-state index is 0.178. The van der Waals surface area contributed by atoms with E-state index in [9.17, 15) is 9.90 Å². The quantitative estimate of drug-likeness (QED) is 0.741. The summed E-state index contributed by atoms with van der Waals surface area (Å²) in [4.78, 5) is 11.5. The van der Waals surface area contributed by atoms with E-state index >= 15 is 0 Å². The Balaban J connectivity index is 1.76. The van der Waals surface area contributed by atoms with E-state index in [1.807, 2.05) is 0 Å². The van der Waals surface area contributed by atoms with Crippen LogP contribution in [0.1, 0.15) is 72.1 Å². The lowest BCUT2D eigenvalue weighted by Gasteiger charge is -2.63. The van der Waals surface area contributed by atoms with Crippen LogP contribution in [0.15, 0.2) is 11.6 Å². The van der Waals surface area contributed by atoms with E-state index in [1.54, 1.807) is 0 Å². The summed E-state index contributed by atoms with van der Waals surface area (Å²) >= 11 is 0. The second kappa shape index (κ2) is 4.39. The Labute approximate surface area is 134 Å². The molecule has 0 N–H and O–H groups in total. The molecule has 0 aromatic rings. The average molecular weight is 301 g/mol.